The molecular weight excluding hydrogens is 456 g/mol. The first kappa shape index (κ1) is 24.0. The molecule has 188 valence electrons. The van der Waals surface area contributed by atoms with E-state index < -0.39 is 0 Å². The minimum atomic E-state index is -0.0801. The second-order valence-corrected chi connectivity index (χ2v) is 9.57. The average molecular weight is 489 g/mol. The Hall–Kier alpha value is -3.74. The first-order valence-electron chi connectivity index (χ1n) is 12.5. The fraction of sp³-hybridized carbons (Fsp3) is 0.379. The van der Waals surface area contributed by atoms with Crippen LogP contribution in [0.3, 0.4) is 0 Å². The van der Waals surface area contributed by atoms with Crippen molar-refractivity contribution >= 4 is 5.91 Å². The minimum absolute atomic E-state index is 0.00800. The Kier molecular flexibility index (Phi) is 6.98. The second kappa shape index (κ2) is 10.5. The zero-order valence-electron chi connectivity index (χ0n) is 20.8. The molecule has 0 atom stereocenters. The van der Waals surface area contributed by atoms with E-state index in [2.05, 4.69) is 0 Å². The molecule has 7 heteroatoms. The number of carbonyl (C=O) groups excluding carboxylic acids is 1. The van der Waals surface area contributed by atoms with Crippen molar-refractivity contribution < 1.29 is 19.0 Å². The average Bonchev–Trinajstić information content (AvgIpc) is 3.68. The monoisotopic (exact) mass is 488 g/mol. The fourth-order valence-electron chi connectivity index (χ4n) is 4.59. The molecule has 1 saturated carbocycles. The molecule has 0 N–H and O–H groups in total. The molecule has 0 spiro atoms. The van der Waals surface area contributed by atoms with Gasteiger partial charge in [-0.1, -0.05) is 36.4 Å². The molecular formula is C29H32N2O5. The van der Waals surface area contributed by atoms with Gasteiger partial charge < -0.3 is 23.7 Å². The highest BCUT2D eigenvalue weighted by Gasteiger charge is 2.32. The maximum atomic E-state index is 12.7. The summed E-state index contributed by atoms with van der Waals surface area (Å²) < 4.78 is 19.3. The lowest BCUT2D eigenvalue weighted by atomic mass is 10.1. The molecule has 0 bridgehead atoms. The molecule has 5 rings (SSSR count). The van der Waals surface area contributed by atoms with Gasteiger partial charge in [-0.3, -0.25) is 9.59 Å². The molecule has 1 aromatic heterocycles. The molecule has 1 amide bonds. The van der Waals surface area contributed by atoms with Crippen LogP contribution in [0.5, 0.6) is 17.2 Å². The summed E-state index contributed by atoms with van der Waals surface area (Å²) in [5.41, 5.74) is 3.02. The second-order valence-electron chi connectivity index (χ2n) is 9.57. The minimum Gasteiger partial charge on any atom is -0.493 e. The quantitative estimate of drug-likeness (QED) is 0.426. The molecule has 7 nitrogen and oxygen atoms in total. The van der Waals surface area contributed by atoms with Crippen LogP contribution >= 0.6 is 0 Å². The number of benzene rings is 2. The van der Waals surface area contributed by atoms with Crippen molar-refractivity contribution in [2.75, 3.05) is 20.2 Å². The standard InChI is InChI=1S/C29H32N2O5/c1-20-14-24(16-29(33)31(20)23-10-11-23)36-25-17-30(18-25)28(32)13-9-21-8-12-26(34-2)27(15-21)35-19-22-6-4-3-5-7-22/h3-8,12,14-16,23,25H,9-11,13,17-19H2,1-2H3. The number of likely N-dealkylation sites (tertiary alicyclic amines) is 1. The van der Waals surface area contributed by atoms with E-state index >= 15 is 0 Å². The van der Waals surface area contributed by atoms with Gasteiger partial charge in [0.2, 0.25) is 5.91 Å². The van der Waals surface area contributed by atoms with Gasteiger partial charge in [-0.2, -0.15) is 0 Å². The molecule has 2 aromatic carbocycles. The summed E-state index contributed by atoms with van der Waals surface area (Å²) in [4.78, 5) is 26.9. The van der Waals surface area contributed by atoms with Gasteiger partial charge in [0.25, 0.3) is 5.56 Å². The number of nitrogens with zero attached hydrogens (tertiary/aromatic N) is 2. The van der Waals surface area contributed by atoms with Gasteiger partial charge in [-0.15, -0.1) is 0 Å². The summed E-state index contributed by atoms with van der Waals surface area (Å²) >= 11 is 0. The number of rotatable bonds is 10. The third-order valence-electron chi connectivity index (χ3n) is 6.74. The Morgan fingerprint density at radius 2 is 1.75 bits per heavy atom. The summed E-state index contributed by atoms with van der Waals surface area (Å²) in [6.45, 7) is 3.47. The van der Waals surface area contributed by atoms with Crippen LogP contribution in [0.4, 0.5) is 0 Å². The van der Waals surface area contributed by atoms with Gasteiger partial charge in [0.05, 0.1) is 20.2 Å². The first-order chi connectivity index (χ1) is 17.5. The summed E-state index contributed by atoms with van der Waals surface area (Å²) in [5, 5.41) is 0. The van der Waals surface area contributed by atoms with Crippen LogP contribution in [0.25, 0.3) is 0 Å². The largest absolute Gasteiger partial charge is 0.493 e. The number of hydrogen-bond acceptors (Lipinski definition) is 5. The SMILES string of the molecule is COc1ccc(CCC(=O)N2CC(Oc3cc(C)n(C4CC4)c(=O)c3)C2)cc1OCc1ccccc1. The molecule has 2 heterocycles. The van der Waals surface area contributed by atoms with Crippen molar-refractivity contribution in [1.82, 2.24) is 9.47 Å². The smallest absolute Gasteiger partial charge is 0.254 e. The van der Waals surface area contributed by atoms with Crippen LogP contribution in [0.15, 0.2) is 65.5 Å². The molecule has 1 aliphatic heterocycles. The number of hydrogen-bond donors (Lipinski definition) is 0. The molecule has 2 fully saturated rings. The van der Waals surface area contributed by atoms with Crippen LogP contribution < -0.4 is 19.8 Å². The Balaban J connectivity index is 1.11. The number of aromatic nitrogens is 1. The highest BCUT2D eigenvalue weighted by molar-refractivity contribution is 5.77. The molecule has 1 aliphatic carbocycles. The third kappa shape index (κ3) is 5.56. The maximum absolute atomic E-state index is 12.7. The predicted octanol–water partition coefficient (Wildman–Crippen LogP) is 4.30. The van der Waals surface area contributed by atoms with E-state index in [1.807, 2.05) is 66.1 Å². The third-order valence-corrected chi connectivity index (χ3v) is 6.74. The zero-order chi connectivity index (χ0) is 25.1. The van der Waals surface area contributed by atoms with Crippen LogP contribution in [0, 0.1) is 6.92 Å². The van der Waals surface area contributed by atoms with Crippen LogP contribution in [0.2, 0.25) is 0 Å². The van der Waals surface area contributed by atoms with Gasteiger partial charge >= 0.3 is 0 Å². The Labute approximate surface area is 211 Å². The normalized spacial score (nSPS) is 15.3. The highest BCUT2D eigenvalue weighted by atomic mass is 16.5. The van der Waals surface area contributed by atoms with Gasteiger partial charge in [0.1, 0.15) is 18.5 Å². The van der Waals surface area contributed by atoms with Gasteiger partial charge in [0, 0.05) is 24.2 Å². The van der Waals surface area contributed by atoms with Gasteiger partial charge in [0.15, 0.2) is 11.5 Å². The topological polar surface area (TPSA) is 70.0 Å². The van der Waals surface area contributed by atoms with Crippen molar-refractivity contribution in [3.63, 3.8) is 0 Å². The number of amides is 1. The first-order valence-corrected chi connectivity index (χ1v) is 12.5. The van der Waals surface area contributed by atoms with E-state index in [-0.39, 0.29) is 17.6 Å². The predicted molar refractivity (Wildman–Crippen MR) is 137 cm³/mol. The fourth-order valence-corrected chi connectivity index (χ4v) is 4.59. The van der Waals surface area contributed by atoms with E-state index in [0.717, 1.165) is 29.7 Å². The number of ether oxygens (including phenoxy) is 3. The van der Waals surface area contributed by atoms with Crippen molar-refractivity contribution in [3.05, 3.63) is 87.8 Å². The molecule has 36 heavy (non-hydrogen) atoms. The van der Waals surface area contributed by atoms with Gasteiger partial charge in [-0.25, -0.2) is 0 Å². The summed E-state index contributed by atoms with van der Waals surface area (Å²) in [7, 11) is 1.62. The van der Waals surface area contributed by atoms with Crippen molar-refractivity contribution in [3.8, 4) is 17.2 Å². The lowest BCUT2D eigenvalue weighted by molar-refractivity contribution is -0.139. The highest BCUT2D eigenvalue weighted by Crippen LogP contribution is 2.35. The molecule has 2 aliphatic rings. The summed E-state index contributed by atoms with van der Waals surface area (Å²) in [6.07, 6.45) is 3.08. The number of pyridine rings is 1. The van der Waals surface area contributed by atoms with E-state index in [1.165, 1.54) is 0 Å². The van der Waals surface area contributed by atoms with Gasteiger partial charge in [-0.05, 0) is 55.5 Å². The Bertz CT molecular complexity index is 1280. The van der Waals surface area contributed by atoms with Crippen LogP contribution in [0.1, 0.15) is 42.1 Å². The van der Waals surface area contributed by atoms with Crippen molar-refractivity contribution in [1.29, 1.82) is 0 Å². The maximum Gasteiger partial charge on any atom is 0.254 e. The van der Waals surface area contributed by atoms with Crippen LogP contribution in [-0.4, -0.2) is 41.7 Å². The summed E-state index contributed by atoms with van der Waals surface area (Å²) in [5.74, 6) is 2.02. The van der Waals surface area contributed by atoms with E-state index in [9.17, 15) is 9.59 Å². The molecule has 3 aromatic rings. The van der Waals surface area contributed by atoms with E-state index in [0.29, 0.717) is 55.8 Å². The molecule has 0 radical (unpaired) electrons. The summed E-state index contributed by atoms with van der Waals surface area (Å²) in [6, 6.07) is 19.6. The number of methoxy groups -OCH3 is 1. The van der Waals surface area contributed by atoms with E-state index in [1.54, 1.807) is 18.1 Å². The van der Waals surface area contributed by atoms with E-state index in [4.69, 9.17) is 14.2 Å². The number of aryl methyl sites for hydroxylation is 2. The Morgan fingerprint density at radius 1 is 0.972 bits per heavy atom. The van der Waals surface area contributed by atoms with Crippen molar-refractivity contribution in [2.24, 2.45) is 0 Å². The van der Waals surface area contributed by atoms with Crippen molar-refractivity contribution in [2.45, 2.75) is 51.4 Å². The number of carbonyl (C=O) groups is 1. The molecule has 1 saturated heterocycles. The van der Waals surface area contributed by atoms with Crippen LogP contribution in [-0.2, 0) is 17.8 Å². The lowest BCUT2D eigenvalue weighted by Gasteiger charge is -2.39. The lowest BCUT2D eigenvalue weighted by Crippen LogP contribution is -2.56. The zero-order valence-corrected chi connectivity index (χ0v) is 20.8. The Morgan fingerprint density at radius 3 is 2.44 bits per heavy atom. The molecule has 0 unspecified atom stereocenters.